The van der Waals surface area contributed by atoms with Gasteiger partial charge in [0.1, 0.15) is 17.6 Å². The van der Waals surface area contributed by atoms with Crippen LogP contribution in [-0.4, -0.2) is 23.8 Å². The quantitative estimate of drug-likeness (QED) is 0.853. The molecule has 2 aromatic carbocycles. The van der Waals surface area contributed by atoms with Crippen LogP contribution in [0.2, 0.25) is 0 Å². The maximum absolute atomic E-state index is 6.04. The molecule has 0 spiro atoms. The van der Waals surface area contributed by atoms with E-state index in [1.807, 2.05) is 65.6 Å². The summed E-state index contributed by atoms with van der Waals surface area (Å²) in [5.74, 6) is 1.79. The van der Waals surface area contributed by atoms with E-state index in [0.29, 0.717) is 0 Å². The molecule has 0 bridgehead atoms. The Morgan fingerprint density at radius 1 is 0.857 bits per heavy atom. The van der Waals surface area contributed by atoms with Gasteiger partial charge in [-0.3, -0.25) is 4.90 Å². The van der Waals surface area contributed by atoms with Crippen molar-refractivity contribution in [1.29, 1.82) is 0 Å². The van der Waals surface area contributed by atoms with E-state index in [-0.39, 0.29) is 12.3 Å². The highest BCUT2D eigenvalue weighted by Gasteiger charge is 2.28. The average Bonchev–Trinajstić information content (AvgIpc) is 2.53. The fourth-order valence-corrected chi connectivity index (χ4v) is 2.52. The van der Waals surface area contributed by atoms with Crippen LogP contribution in [-0.2, 0) is 0 Å². The first kappa shape index (κ1) is 14.0. The van der Waals surface area contributed by atoms with Gasteiger partial charge in [0.15, 0.2) is 6.23 Å². The minimum atomic E-state index is -0.0464. The Kier molecular flexibility index (Phi) is 4.41. The van der Waals surface area contributed by atoms with E-state index in [1.165, 1.54) is 0 Å². The predicted molar refractivity (Wildman–Crippen MR) is 83.0 cm³/mol. The molecule has 3 nitrogen and oxygen atoms in total. The third-order valence-electron chi connectivity index (χ3n) is 3.67. The average molecular weight is 282 g/mol. The number of benzene rings is 2. The first-order chi connectivity index (χ1) is 10.3. The molecule has 0 amide bonds. The van der Waals surface area contributed by atoms with Gasteiger partial charge in [-0.05, 0) is 30.7 Å². The second-order valence-electron chi connectivity index (χ2n) is 5.28. The Labute approximate surface area is 126 Å². The highest BCUT2D eigenvalue weighted by Crippen LogP contribution is 2.24. The van der Waals surface area contributed by atoms with Gasteiger partial charge in [-0.2, -0.15) is 0 Å². The van der Waals surface area contributed by atoms with Crippen molar-refractivity contribution in [2.24, 2.45) is 0 Å². The number of ether oxygens (including phenoxy) is 2. The van der Waals surface area contributed by atoms with Crippen molar-refractivity contribution < 1.29 is 9.47 Å². The molecule has 1 aliphatic heterocycles. The minimum absolute atomic E-state index is 0.0464. The Balaban J connectivity index is 1.62. The maximum atomic E-state index is 6.04. The number of hydrogen-bond acceptors (Lipinski definition) is 3. The molecule has 1 aliphatic rings. The van der Waals surface area contributed by atoms with Gasteiger partial charge in [0, 0.05) is 20.0 Å². The van der Waals surface area contributed by atoms with Gasteiger partial charge in [-0.15, -0.1) is 0 Å². The first-order valence-corrected chi connectivity index (χ1v) is 7.32. The fraction of sp³-hybridized carbons (Fsp3) is 0.278. The van der Waals surface area contributed by atoms with E-state index in [2.05, 4.69) is 7.05 Å². The van der Waals surface area contributed by atoms with Crippen molar-refractivity contribution in [2.45, 2.75) is 25.2 Å². The number of para-hydroxylation sites is 2. The predicted octanol–water partition coefficient (Wildman–Crippen LogP) is 3.73. The molecule has 3 heteroatoms. The molecule has 3 rings (SSSR count). The topological polar surface area (TPSA) is 21.7 Å². The summed E-state index contributed by atoms with van der Waals surface area (Å²) in [6.07, 6.45) is 1.90. The molecule has 2 unspecified atom stereocenters. The molecular formula is C18H20NO2. The summed E-state index contributed by atoms with van der Waals surface area (Å²) in [5.41, 5.74) is 0. The van der Waals surface area contributed by atoms with Crippen molar-refractivity contribution >= 4 is 0 Å². The third-order valence-corrected chi connectivity index (χ3v) is 3.67. The lowest BCUT2D eigenvalue weighted by atomic mass is 10.1. The SMILES string of the molecule is [CH2]N1CCC(Oc2ccccc2)CC1Oc1ccccc1. The Hall–Kier alpha value is -2.00. The number of nitrogens with zero attached hydrogens (tertiary/aromatic N) is 1. The smallest absolute Gasteiger partial charge is 0.156 e. The highest BCUT2D eigenvalue weighted by atomic mass is 16.5. The molecular weight excluding hydrogens is 262 g/mol. The van der Waals surface area contributed by atoms with Crippen LogP contribution in [0.3, 0.4) is 0 Å². The van der Waals surface area contributed by atoms with Crippen molar-refractivity contribution in [1.82, 2.24) is 4.90 Å². The molecule has 0 aromatic heterocycles. The third kappa shape index (κ3) is 3.76. The Bertz CT molecular complexity index is 544. The molecule has 2 atom stereocenters. The van der Waals surface area contributed by atoms with Gasteiger partial charge in [-0.25, -0.2) is 0 Å². The maximum Gasteiger partial charge on any atom is 0.156 e. The second kappa shape index (κ2) is 6.64. The number of hydrogen-bond donors (Lipinski definition) is 0. The Morgan fingerprint density at radius 2 is 1.43 bits per heavy atom. The van der Waals surface area contributed by atoms with Gasteiger partial charge >= 0.3 is 0 Å². The summed E-state index contributed by atoms with van der Waals surface area (Å²) in [7, 11) is 4.07. The van der Waals surface area contributed by atoms with E-state index in [0.717, 1.165) is 30.9 Å². The summed E-state index contributed by atoms with van der Waals surface area (Å²) in [6, 6.07) is 19.8. The van der Waals surface area contributed by atoms with E-state index in [4.69, 9.17) is 9.47 Å². The minimum Gasteiger partial charge on any atom is -0.490 e. The molecule has 0 N–H and O–H groups in total. The molecule has 2 aromatic rings. The standard InChI is InChI=1S/C18H20NO2/c1-19-13-12-17(20-15-8-4-2-5-9-15)14-18(19)21-16-10-6-3-7-11-16/h2-11,17-18H,1,12-14H2. The van der Waals surface area contributed by atoms with E-state index in [1.54, 1.807) is 0 Å². The lowest BCUT2D eigenvalue weighted by Crippen LogP contribution is -2.45. The van der Waals surface area contributed by atoms with Gasteiger partial charge in [0.2, 0.25) is 0 Å². The summed E-state index contributed by atoms with van der Waals surface area (Å²) in [6.45, 7) is 0.870. The second-order valence-corrected chi connectivity index (χ2v) is 5.28. The lowest BCUT2D eigenvalue weighted by molar-refractivity contribution is -0.0202. The Morgan fingerprint density at radius 3 is 2.05 bits per heavy atom. The van der Waals surface area contributed by atoms with Crippen LogP contribution in [0.15, 0.2) is 60.7 Å². The summed E-state index contributed by atoms with van der Waals surface area (Å²) in [5, 5.41) is 0. The van der Waals surface area contributed by atoms with Crippen LogP contribution in [0, 0.1) is 7.05 Å². The zero-order valence-corrected chi connectivity index (χ0v) is 12.0. The van der Waals surface area contributed by atoms with E-state index in [9.17, 15) is 0 Å². The van der Waals surface area contributed by atoms with Crippen LogP contribution in [0.25, 0.3) is 0 Å². The monoisotopic (exact) mass is 282 g/mol. The molecule has 21 heavy (non-hydrogen) atoms. The summed E-state index contributed by atoms with van der Waals surface area (Å²) >= 11 is 0. The van der Waals surface area contributed by atoms with Gasteiger partial charge in [0.05, 0.1) is 0 Å². The lowest BCUT2D eigenvalue weighted by Gasteiger charge is -2.36. The molecule has 1 radical (unpaired) electrons. The zero-order valence-electron chi connectivity index (χ0n) is 12.0. The highest BCUT2D eigenvalue weighted by molar-refractivity contribution is 5.22. The normalized spacial score (nSPS) is 22.7. The van der Waals surface area contributed by atoms with Crippen LogP contribution >= 0.6 is 0 Å². The summed E-state index contributed by atoms with van der Waals surface area (Å²) < 4.78 is 12.1. The number of rotatable bonds is 4. The van der Waals surface area contributed by atoms with E-state index >= 15 is 0 Å². The van der Waals surface area contributed by atoms with Gasteiger partial charge < -0.3 is 9.47 Å². The van der Waals surface area contributed by atoms with Crippen LogP contribution in [0.1, 0.15) is 12.8 Å². The molecule has 1 heterocycles. The van der Waals surface area contributed by atoms with Crippen LogP contribution < -0.4 is 9.47 Å². The zero-order chi connectivity index (χ0) is 14.5. The molecule has 1 fully saturated rings. The van der Waals surface area contributed by atoms with Crippen molar-refractivity contribution in [3.05, 3.63) is 67.7 Å². The molecule has 109 valence electrons. The molecule has 0 aliphatic carbocycles. The number of piperidine rings is 1. The fourth-order valence-electron chi connectivity index (χ4n) is 2.52. The molecule has 1 saturated heterocycles. The largest absolute Gasteiger partial charge is 0.490 e. The summed E-state index contributed by atoms with van der Waals surface area (Å²) in [4.78, 5) is 2.00. The molecule has 0 saturated carbocycles. The van der Waals surface area contributed by atoms with Gasteiger partial charge in [-0.1, -0.05) is 36.4 Å². The van der Waals surface area contributed by atoms with Crippen molar-refractivity contribution in [3.8, 4) is 11.5 Å². The first-order valence-electron chi connectivity index (χ1n) is 7.32. The van der Waals surface area contributed by atoms with Gasteiger partial charge in [0.25, 0.3) is 0 Å². The van der Waals surface area contributed by atoms with Crippen molar-refractivity contribution in [3.63, 3.8) is 0 Å². The number of likely N-dealkylation sites (tertiary alicyclic amines) is 1. The van der Waals surface area contributed by atoms with Crippen LogP contribution in [0.4, 0.5) is 0 Å². The van der Waals surface area contributed by atoms with E-state index < -0.39 is 0 Å². The van der Waals surface area contributed by atoms with Crippen molar-refractivity contribution in [2.75, 3.05) is 6.54 Å². The van der Waals surface area contributed by atoms with Crippen LogP contribution in [0.5, 0.6) is 11.5 Å².